The van der Waals surface area contributed by atoms with Crippen LogP contribution in [-0.2, 0) is 11.3 Å². The van der Waals surface area contributed by atoms with Gasteiger partial charge in [-0.25, -0.2) is 0 Å². The Kier molecular flexibility index (Phi) is 7.74. The molecule has 9 heteroatoms. The lowest BCUT2D eigenvalue weighted by Crippen LogP contribution is -2.58. The lowest BCUT2D eigenvalue weighted by molar-refractivity contribution is -0.123. The minimum absolute atomic E-state index is 0.126. The molecule has 39 heavy (non-hydrogen) atoms. The van der Waals surface area contributed by atoms with Gasteiger partial charge in [-0.05, 0) is 73.0 Å². The highest BCUT2D eigenvalue weighted by molar-refractivity contribution is 6.31. The number of rotatable bonds is 1. The summed E-state index contributed by atoms with van der Waals surface area (Å²) in [4.78, 5) is 40.8. The number of aryl methyl sites for hydroxylation is 2. The van der Waals surface area contributed by atoms with Crippen molar-refractivity contribution in [2.24, 2.45) is 0 Å². The molecule has 3 aromatic carbocycles. The average Bonchev–Trinajstić information content (AvgIpc) is 2.93. The summed E-state index contributed by atoms with van der Waals surface area (Å²) in [5.74, 6) is 0.392. The van der Waals surface area contributed by atoms with Crippen molar-refractivity contribution >= 4 is 29.3 Å². The fourth-order valence-electron chi connectivity index (χ4n) is 4.76. The normalized spacial score (nSPS) is 19.6. The van der Waals surface area contributed by atoms with Crippen LogP contribution in [0.5, 0.6) is 11.5 Å². The zero-order valence-corrected chi connectivity index (χ0v) is 22.6. The Morgan fingerprint density at radius 2 is 1.79 bits per heavy atom. The second-order valence-corrected chi connectivity index (χ2v) is 10.3. The van der Waals surface area contributed by atoms with Crippen LogP contribution in [0.15, 0.2) is 60.7 Å². The topological polar surface area (TPSA) is 97.0 Å². The van der Waals surface area contributed by atoms with Crippen LogP contribution in [0.4, 0.5) is 0 Å². The average molecular weight is 548 g/mol. The molecular weight excluding hydrogens is 518 g/mol. The third kappa shape index (κ3) is 6.17. The number of carbonyl (C=O) groups excluding carboxylic acids is 3. The van der Waals surface area contributed by atoms with Gasteiger partial charge in [0.25, 0.3) is 17.7 Å². The first kappa shape index (κ1) is 26.6. The number of amides is 3. The van der Waals surface area contributed by atoms with Gasteiger partial charge in [0.1, 0.15) is 17.6 Å². The number of benzene rings is 3. The molecule has 2 N–H and O–H groups in total. The number of fused-ring (bicyclic) bond motifs is 7. The van der Waals surface area contributed by atoms with Crippen LogP contribution in [0.3, 0.4) is 0 Å². The Balaban J connectivity index is 1.43. The predicted octanol–water partition coefficient (Wildman–Crippen LogP) is 4.06. The Hall–Kier alpha value is -4.04. The highest BCUT2D eigenvalue weighted by Crippen LogP contribution is 2.25. The number of likely N-dealkylation sites (tertiary alicyclic amines) is 1. The molecule has 0 unspecified atom stereocenters. The quantitative estimate of drug-likeness (QED) is 0.479. The maximum atomic E-state index is 13.4. The Morgan fingerprint density at radius 1 is 1.00 bits per heavy atom. The van der Waals surface area contributed by atoms with Gasteiger partial charge < -0.3 is 25.0 Å². The van der Waals surface area contributed by atoms with Gasteiger partial charge in [-0.2, -0.15) is 0 Å². The molecule has 1 saturated heterocycles. The van der Waals surface area contributed by atoms with Crippen LogP contribution in [0.25, 0.3) is 0 Å². The van der Waals surface area contributed by atoms with E-state index in [0.717, 1.165) is 16.7 Å². The van der Waals surface area contributed by atoms with Crippen LogP contribution < -0.4 is 20.1 Å². The Labute approximate surface area is 232 Å². The molecule has 3 aliphatic heterocycles. The minimum Gasteiger partial charge on any atom is -0.488 e. The van der Waals surface area contributed by atoms with Gasteiger partial charge in [0, 0.05) is 42.2 Å². The second-order valence-electron chi connectivity index (χ2n) is 9.93. The van der Waals surface area contributed by atoms with E-state index in [1.165, 1.54) is 0 Å². The lowest BCUT2D eigenvalue weighted by Gasteiger charge is -2.39. The van der Waals surface area contributed by atoms with E-state index >= 15 is 0 Å². The summed E-state index contributed by atoms with van der Waals surface area (Å²) in [6.45, 7) is 4.66. The third-order valence-corrected chi connectivity index (χ3v) is 7.49. The van der Waals surface area contributed by atoms with E-state index in [2.05, 4.69) is 10.6 Å². The fourth-order valence-corrected chi connectivity index (χ4v) is 4.88. The Bertz CT molecular complexity index is 1410. The van der Waals surface area contributed by atoms with E-state index < -0.39 is 6.04 Å². The number of hydrogen-bond donors (Lipinski definition) is 2. The first-order valence-corrected chi connectivity index (χ1v) is 13.3. The molecule has 1 fully saturated rings. The molecule has 0 aromatic heterocycles. The first-order valence-electron chi connectivity index (χ1n) is 12.9. The van der Waals surface area contributed by atoms with E-state index in [4.69, 9.17) is 21.1 Å². The van der Waals surface area contributed by atoms with Crippen LogP contribution >= 0.6 is 11.6 Å². The van der Waals surface area contributed by atoms with E-state index in [9.17, 15) is 14.4 Å². The molecule has 0 radical (unpaired) electrons. The molecule has 0 spiro atoms. The number of carbonyl (C=O) groups is 3. The van der Waals surface area contributed by atoms with Gasteiger partial charge in [-0.3, -0.25) is 14.4 Å². The maximum Gasteiger partial charge on any atom is 0.258 e. The van der Waals surface area contributed by atoms with Crippen LogP contribution in [0.1, 0.15) is 43.8 Å². The molecule has 0 saturated carbocycles. The first-order chi connectivity index (χ1) is 18.8. The maximum absolute atomic E-state index is 13.4. The number of nitrogens with zero attached hydrogens (tertiary/aromatic N) is 1. The molecule has 202 valence electrons. The van der Waals surface area contributed by atoms with Crippen molar-refractivity contribution in [3.63, 3.8) is 0 Å². The molecule has 2 atom stereocenters. The zero-order chi connectivity index (χ0) is 27.5. The largest absolute Gasteiger partial charge is 0.488 e. The van der Waals surface area contributed by atoms with Gasteiger partial charge in [0.05, 0.1) is 6.04 Å². The van der Waals surface area contributed by atoms with Crippen molar-refractivity contribution < 1.29 is 23.9 Å². The van der Waals surface area contributed by atoms with Gasteiger partial charge in [-0.1, -0.05) is 29.8 Å². The highest BCUT2D eigenvalue weighted by atomic mass is 35.5. The summed E-state index contributed by atoms with van der Waals surface area (Å²) in [5, 5.41) is 6.53. The molecule has 4 bridgehead atoms. The molecule has 3 amide bonds. The summed E-state index contributed by atoms with van der Waals surface area (Å²) >= 11 is 6.16. The highest BCUT2D eigenvalue weighted by Gasteiger charge is 2.35. The summed E-state index contributed by atoms with van der Waals surface area (Å²) in [5.41, 5.74) is 3.49. The standard InChI is InChI=1S/C30H30ClN3O5/c1-18-3-6-21-14-27(18)38-17-28(35)32-15-20-4-8-23(9-5-20)39-26-11-12-34(16-25(26)33-29(21)36)30(37)22-7-10-24(31)19(2)13-22/h3-10,13-14,25-26H,11-12,15-17H2,1-2H3,(H,32,35)(H,33,36)/t25-,26-/m0/s1. The number of ether oxygens (including phenoxy) is 2. The van der Waals surface area contributed by atoms with Gasteiger partial charge in [-0.15, -0.1) is 0 Å². The van der Waals surface area contributed by atoms with Gasteiger partial charge in [0.15, 0.2) is 6.61 Å². The van der Waals surface area contributed by atoms with Crippen molar-refractivity contribution in [1.82, 2.24) is 15.5 Å². The molecule has 3 heterocycles. The van der Waals surface area contributed by atoms with Gasteiger partial charge >= 0.3 is 0 Å². The molecule has 8 nitrogen and oxygen atoms in total. The van der Waals surface area contributed by atoms with Gasteiger partial charge in [0.2, 0.25) is 0 Å². The van der Waals surface area contributed by atoms with E-state index in [1.54, 1.807) is 41.3 Å². The second kappa shape index (κ2) is 11.4. The number of halogens is 1. The number of piperidine rings is 1. The summed E-state index contributed by atoms with van der Waals surface area (Å²) in [6, 6.07) is 17.3. The summed E-state index contributed by atoms with van der Waals surface area (Å²) < 4.78 is 12.1. The SMILES string of the molecule is Cc1cc(C(=O)N2CC[C@@H]3Oc4ccc(cc4)CNC(=O)COc4cc(ccc4C)C(=O)N[C@H]3C2)ccc1Cl. The van der Waals surface area contributed by atoms with Crippen molar-refractivity contribution in [3.8, 4) is 11.5 Å². The molecule has 0 aliphatic carbocycles. The lowest BCUT2D eigenvalue weighted by atomic mass is 9.99. The van der Waals surface area contributed by atoms with Crippen molar-refractivity contribution in [3.05, 3.63) is 93.5 Å². The van der Waals surface area contributed by atoms with E-state index in [1.807, 2.05) is 38.1 Å². The fraction of sp³-hybridized carbons (Fsp3) is 0.300. The smallest absolute Gasteiger partial charge is 0.258 e. The number of nitrogens with one attached hydrogen (secondary N) is 2. The monoisotopic (exact) mass is 547 g/mol. The van der Waals surface area contributed by atoms with Crippen molar-refractivity contribution in [2.45, 2.75) is 39.0 Å². The van der Waals surface area contributed by atoms with Crippen LogP contribution in [0, 0.1) is 13.8 Å². The van der Waals surface area contributed by atoms with Crippen molar-refractivity contribution in [2.75, 3.05) is 19.7 Å². The zero-order valence-electron chi connectivity index (χ0n) is 21.8. The minimum atomic E-state index is -0.465. The van der Waals surface area contributed by atoms with E-state index in [-0.39, 0.29) is 37.0 Å². The molecule has 6 rings (SSSR count). The third-order valence-electron chi connectivity index (χ3n) is 7.07. The summed E-state index contributed by atoms with van der Waals surface area (Å²) in [6.07, 6.45) is 0.177. The predicted molar refractivity (Wildman–Crippen MR) is 147 cm³/mol. The van der Waals surface area contributed by atoms with E-state index in [0.29, 0.717) is 47.2 Å². The summed E-state index contributed by atoms with van der Waals surface area (Å²) in [7, 11) is 0. The molecular formula is C30H30ClN3O5. The van der Waals surface area contributed by atoms with Crippen LogP contribution in [0.2, 0.25) is 5.02 Å². The number of hydrogen-bond acceptors (Lipinski definition) is 5. The Morgan fingerprint density at radius 3 is 2.56 bits per heavy atom. The molecule has 3 aromatic rings. The van der Waals surface area contributed by atoms with Crippen molar-refractivity contribution in [1.29, 1.82) is 0 Å². The molecule has 3 aliphatic rings. The van der Waals surface area contributed by atoms with Crippen LogP contribution in [-0.4, -0.2) is 54.5 Å².